The van der Waals surface area contributed by atoms with Crippen molar-refractivity contribution in [3.63, 3.8) is 0 Å². The van der Waals surface area contributed by atoms with Crippen LogP contribution in [0.4, 0.5) is 14.6 Å². The van der Waals surface area contributed by atoms with Crippen LogP contribution < -0.4 is 14.8 Å². The van der Waals surface area contributed by atoms with Crippen LogP contribution >= 0.6 is 0 Å². The molecule has 8 heteroatoms. The Kier molecular flexibility index (Phi) is 2.27. The van der Waals surface area contributed by atoms with Gasteiger partial charge in [-0.05, 0) is 17.7 Å². The van der Waals surface area contributed by atoms with E-state index in [1.54, 1.807) is 12.3 Å². The number of benzene rings is 1. The van der Waals surface area contributed by atoms with Crippen molar-refractivity contribution in [2.75, 3.05) is 5.32 Å². The number of carbonyl (C=O) groups excluding carboxylic acids is 1. The number of H-pyrrole nitrogens is 1. The van der Waals surface area contributed by atoms with Gasteiger partial charge in [-0.15, -0.1) is 8.78 Å². The maximum Gasteiger partial charge on any atom is 0.586 e. The average Bonchev–Trinajstić information content (AvgIpc) is 2.98. The summed E-state index contributed by atoms with van der Waals surface area (Å²) in [5, 5.41) is 9.26. The van der Waals surface area contributed by atoms with E-state index in [2.05, 4.69) is 25.0 Å². The molecule has 1 atom stereocenters. The molecule has 2 aromatic rings. The van der Waals surface area contributed by atoms with Gasteiger partial charge in [0.05, 0.1) is 6.20 Å². The smallest absolute Gasteiger partial charge is 0.395 e. The van der Waals surface area contributed by atoms with Crippen LogP contribution in [0.1, 0.15) is 23.5 Å². The third-order valence-electron chi connectivity index (χ3n) is 3.53. The molecule has 6 nitrogen and oxygen atoms in total. The Morgan fingerprint density at radius 2 is 2.10 bits per heavy atom. The van der Waals surface area contributed by atoms with Gasteiger partial charge in [-0.1, -0.05) is 6.07 Å². The lowest BCUT2D eigenvalue weighted by molar-refractivity contribution is -0.286. The van der Waals surface area contributed by atoms with Crippen molar-refractivity contribution in [2.24, 2.45) is 0 Å². The molecule has 0 radical (unpaired) electrons. The van der Waals surface area contributed by atoms with Gasteiger partial charge in [-0.3, -0.25) is 9.89 Å². The van der Waals surface area contributed by atoms with Gasteiger partial charge in [0.15, 0.2) is 11.5 Å². The highest BCUT2D eigenvalue weighted by molar-refractivity contribution is 5.94. The minimum absolute atomic E-state index is 0.0172. The van der Waals surface area contributed by atoms with Gasteiger partial charge in [0, 0.05) is 17.9 Å². The summed E-state index contributed by atoms with van der Waals surface area (Å²) in [7, 11) is 0. The van der Waals surface area contributed by atoms with Crippen molar-refractivity contribution in [2.45, 2.75) is 18.6 Å². The summed E-state index contributed by atoms with van der Waals surface area (Å²) in [6.45, 7) is 0. The number of hydrogen-bond donors (Lipinski definition) is 2. The fourth-order valence-corrected chi connectivity index (χ4v) is 2.63. The predicted molar refractivity (Wildman–Crippen MR) is 66.3 cm³/mol. The molecule has 1 aromatic heterocycles. The zero-order valence-electron chi connectivity index (χ0n) is 10.5. The summed E-state index contributed by atoms with van der Waals surface area (Å²) in [6.07, 6.45) is -1.83. The van der Waals surface area contributed by atoms with Gasteiger partial charge in [-0.25, -0.2) is 0 Å². The first-order valence-corrected chi connectivity index (χ1v) is 6.25. The molecular formula is C13H9F2N3O3. The van der Waals surface area contributed by atoms with E-state index in [1.807, 2.05) is 0 Å². The Hall–Kier alpha value is -2.64. The second kappa shape index (κ2) is 3.94. The van der Waals surface area contributed by atoms with E-state index in [9.17, 15) is 13.6 Å². The van der Waals surface area contributed by atoms with Crippen LogP contribution in [-0.4, -0.2) is 22.4 Å². The summed E-state index contributed by atoms with van der Waals surface area (Å²) in [6, 6.07) is 4.53. The van der Waals surface area contributed by atoms with Gasteiger partial charge in [0.25, 0.3) is 0 Å². The number of aromatic nitrogens is 2. The molecule has 2 aliphatic rings. The van der Waals surface area contributed by atoms with Crippen LogP contribution in [0.2, 0.25) is 0 Å². The number of amides is 1. The number of hydrogen-bond acceptors (Lipinski definition) is 4. The summed E-state index contributed by atoms with van der Waals surface area (Å²) in [4.78, 5) is 11.7. The van der Waals surface area contributed by atoms with Crippen LogP contribution in [-0.2, 0) is 4.79 Å². The largest absolute Gasteiger partial charge is 0.586 e. The number of nitrogens with zero attached hydrogens (tertiary/aromatic N) is 1. The first-order chi connectivity index (χ1) is 10.0. The lowest BCUT2D eigenvalue weighted by Crippen LogP contribution is -2.26. The molecule has 0 aliphatic carbocycles. The van der Waals surface area contributed by atoms with Gasteiger partial charge in [-0.2, -0.15) is 5.10 Å². The fourth-order valence-electron chi connectivity index (χ4n) is 2.63. The normalized spacial score (nSPS) is 21.8. The van der Waals surface area contributed by atoms with E-state index < -0.39 is 6.29 Å². The van der Waals surface area contributed by atoms with Crippen LogP contribution in [0.15, 0.2) is 24.4 Å². The Bertz CT molecular complexity index is 744. The highest BCUT2D eigenvalue weighted by atomic mass is 19.3. The van der Waals surface area contributed by atoms with Crippen LogP contribution in [0.25, 0.3) is 0 Å². The number of ether oxygens (including phenoxy) is 2. The maximum absolute atomic E-state index is 13.0. The lowest BCUT2D eigenvalue weighted by Gasteiger charge is -2.22. The fraction of sp³-hybridized carbons (Fsp3) is 0.231. The van der Waals surface area contributed by atoms with E-state index in [0.717, 1.165) is 5.56 Å². The summed E-state index contributed by atoms with van der Waals surface area (Å²) in [5.74, 6) is 0.0413. The van der Waals surface area contributed by atoms with Crippen LogP contribution in [0.5, 0.6) is 11.5 Å². The molecule has 0 saturated carbocycles. The quantitative estimate of drug-likeness (QED) is 0.845. The van der Waals surface area contributed by atoms with Gasteiger partial charge in [0.2, 0.25) is 5.91 Å². The molecule has 0 bridgehead atoms. The summed E-state index contributed by atoms with van der Waals surface area (Å²) < 4.78 is 34.9. The zero-order valence-corrected chi connectivity index (χ0v) is 10.5. The third kappa shape index (κ3) is 1.91. The first kappa shape index (κ1) is 12.1. The van der Waals surface area contributed by atoms with Gasteiger partial charge >= 0.3 is 6.29 Å². The molecule has 2 aliphatic heterocycles. The van der Waals surface area contributed by atoms with E-state index in [0.29, 0.717) is 11.4 Å². The molecular weight excluding hydrogens is 284 g/mol. The molecule has 4 rings (SSSR count). The average molecular weight is 293 g/mol. The summed E-state index contributed by atoms with van der Waals surface area (Å²) in [5.41, 5.74) is 1.49. The van der Waals surface area contributed by atoms with Gasteiger partial charge in [0.1, 0.15) is 5.82 Å². The first-order valence-electron chi connectivity index (χ1n) is 6.25. The molecule has 0 spiro atoms. The molecule has 0 saturated heterocycles. The van der Waals surface area contributed by atoms with Crippen LogP contribution in [0, 0.1) is 0 Å². The van der Waals surface area contributed by atoms with Crippen molar-refractivity contribution in [1.82, 2.24) is 10.2 Å². The number of rotatable bonds is 1. The zero-order chi connectivity index (χ0) is 14.6. The number of alkyl halides is 2. The predicted octanol–water partition coefficient (Wildman–Crippen LogP) is 2.21. The van der Waals surface area contributed by atoms with E-state index in [-0.39, 0.29) is 29.7 Å². The molecule has 2 N–H and O–H groups in total. The third-order valence-corrected chi connectivity index (χ3v) is 3.53. The Labute approximate surface area is 117 Å². The molecule has 0 unspecified atom stereocenters. The van der Waals surface area contributed by atoms with Crippen molar-refractivity contribution < 1.29 is 23.0 Å². The molecule has 21 heavy (non-hydrogen) atoms. The molecule has 0 fully saturated rings. The Morgan fingerprint density at radius 1 is 1.29 bits per heavy atom. The Morgan fingerprint density at radius 3 is 2.95 bits per heavy atom. The molecule has 1 amide bonds. The van der Waals surface area contributed by atoms with Crippen molar-refractivity contribution in [3.8, 4) is 11.5 Å². The SMILES string of the molecule is O=C1C[C@H](c2ccc3c(c2)OC(F)(F)O3)c2cn[nH]c2N1. The van der Waals surface area contributed by atoms with Crippen molar-refractivity contribution in [3.05, 3.63) is 35.5 Å². The number of fused-ring (bicyclic) bond motifs is 2. The van der Waals surface area contributed by atoms with Crippen LogP contribution in [0.3, 0.4) is 0 Å². The standard InChI is InChI=1S/C13H9F2N3O3/c14-13(15)20-9-2-1-6(3-10(9)21-13)7-4-11(19)17-12-8(7)5-16-18-12/h1-3,5,7H,4H2,(H2,16,17,18,19)/t7-/m1/s1. The van der Waals surface area contributed by atoms with Gasteiger partial charge < -0.3 is 14.8 Å². The maximum atomic E-state index is 13.0. The number of halogens is 2. The Balaban J connectivity index is 1.75. The molecule has 108 valence electrons. The lowest BCUT2D eigenvalue weighted by atomic mass is 9.87. The molecule has 3 heterocycles. The highest BCUT2D eigenvalue weighted by Crippen LogP contribution is 2.44. The number of aromatic amines is 1. The molecule has 1 aromatic carbocycles. The topological polar surface area (TPSA) is 76.2 Å². The van der Waals surface area contributed by atoms with E-state index >= 15 is 0 Å². The second-order valence-corrected chi connectivity index (χ2v) is 4.88. The monoisotopic (exact) mass is 293 g/mol. The van der Waals surface area contributed by atoms with E-state index in [1.165, 1.54) is 12.1 Å². The minimum atomic E-state index is -3.65. The van der Waals surface area contributed by atoms with E-state index in [4.69, 9.17) is 0 Å². The summed E-state index contributed by atoms with van der Waals surface area (Å²) >= 11 is 0. The van der Waals surface area contributed by atoms with Crippen molar-refractivity contribution in [1.29, 1.82) is 0 Å². The minimum Gasteiger partial charge on any atom is -0.395 e. The second-order valence-electron chi connectivity index (χ2n) is 4.88. The highest BCUT2D eigenvalue weighted by Gasteiger charge is 2.43. The number of nitrogens with one attached hydrogen (secondary N) is 2. The number of carbonyl (C=O) groups is 1. The number of anilines is 1. The van der Waals surface area contributed by atoms with Crippen molar-refractivity contribution >= 4 is 11.7 Å².